The molecule has 20 heavy (non-hydrogen) atoms. The van der Waals surface area contributed by atoms with Crippen molar-refractivity contribution in [3.8, 4) is 0 Å². The van der Waals surface area contributed by atoms with Crippen LogP contribution in [0.15, 0.2) is 18.2 Å². The SMILES string of the molecule is CC1CN(C(=O)c2ccc(F)c([N+](=O)[O-])c2)CC(C)O1. The van der Waals surface area contributed by atoms with Crippen LogP contribution in [0.1, 0.15) is 24.2 Å². The van der Waals surface area contributed by atoms with Crippen LogP contribution in [0.4, 0.5) is 10.1 Å². The van der Waals surface area contributed by atoms with Crippen molar-refractivity contribution in [2.45, 2.75) is 26.1 Å². The van der Waals surface area contributed by atoms with Crippen LogP contribution in [0, 0.1) is 15.9 Å². The number of nitro benzene ring substituents is 1. The highest BCUT2D eigenvalue weighted by molar-refractivity contribution is 5.95. The van der Waals surface area contributed by atoms with Gasteiger partial charge < -0.3 is 9.64 Å². The summed E-state index contributed by atoms with van der Waals surface area (Å²) in [6, 6.07) is 3.18. The van der Waals surface area contributed by atoms with Crippen molar-refractivity contribution in [3.63, 3.8) is 0 Å². The van der Waals surface area contributed by atoms with E-state index in [2.05, 4.69) is 0 Å². The average Bonchev–Trinajstić information content (AvgIpc) is 2.37. The lowest BCUT2D eigenvalue weighted by atomic mass is 10.1. The second-order valence-corrected chi connectivity index (χ2v) is 4.89. The summed E-state index contributed by atoms with van der Waals surface area (Å²) in [5.74, 6) is -1.30. The number of nitrogens with zero attached hydrogens (tertiary/aromatic N) is 2. The van der Waals surface area contributed by atoms with Gasteiger partial charge in [-0.2, -0.15) is 4.39 Å². The summed E-state index contributed by atoms with van der Waals surface area (Å²) in [6.45, 7) is 4.52. The van der Waals surface area contributed by atoms with Crippen LogP contribution in [0.3, 0.4) is 0 Å². The number of morpholine rings is 1. The molecule has 1 fully saturated rings. The zero-order chi connectivity index (χ0) is 14.9. The van der Waals surface area contributed by atoms with E-state index >= 15 is 0 Å². The number of carbonyl (C=O) groups is 1. The Morgan fingerprint density at radius 1 is 1.40 bits per heavy atom. The lowest BCUT2D eigenvalue weighted by Gasteiger charge is -2.35. The Hall–Kier alpha value is -2.02. The monoisotopic (exact) mass is 282 g/mol. The maximum atomic E-state index is 13.3. The third kappa shape index (κ3) is 2.93. The number of ether oxygens (including phenoxy) is 1. The van der Waals surface area contributed by atoms with E-state index in [0.29, 0.717) is 13.1 Å². The van der Waals surface area contributed by atoms with Gasteiger partial charge in [0.15, 0.2) is 0 Å². The highest BCUT2D eigenvalue weighted by atomic mass is 19.1. The van der Waals surface area contributed by atoms with Gasteiger partial charge >= 0.3 is 5.69 Å². The van der Waals surface area contributed by atoms with E-state index in [-0.39, 0.29) is 23.7 Å². The summed E-state index contributed by atoms with van der Waals surface area (Å²) in [6.07, 6.45) is -0.198. The van der Waals surface area contributed by atoms with Crippen LogP contribution in [-0.4, -0.2) is 41.0 Å². The van der Waals surface area contributed by atoms with Gasteiger partial charge in [0.05, 0.1) is 17.1 Å². The zero-order valence-corrected chi connectivity index (χ0v) is 11.2. The van der Waals surface area contributed by atoms with Gasteiger partial charge in [0.2, 0.25) is 5.82 Å². The maximum Gasteiger partial charge on any atom is 0.305 e. The predicted molar refractivity (Wildman–Crippen MR) is 69.0 cm³/mol. The Balaban J connectivity index is 2.25. The number of amides is 1. The Kier molecular flexibility index (Phi) is 3.99. The minimum absolute atomic E-state index is 0.0989. The summed E-state index contributed by atoms with van der Waals surface area (Å²) < 4.78 is 18.8. The van der Waals surface area contributed by atoms with Crippen molar-refractivity contribution < 1.29 is 18.8 Å². The molecular weight excluding hydrogens is 267 g/mol. The van der Waals surface area contributed by atoms with E-state index in [0.717, 1.165) is 12.1 Å². The van der Waals surface area contributed by atoms with Crippen LogP contribution in [-0.2, 0) is 4.74 Å². The second-order valence-electron chi connectivity index (χ2n) is 4.89. The third-order valence-electron chi connectivity index (χ3n) is 3.10. The number of nitro groups is 1. The lowest BCUT2D eigenvalue weighted by Crippen LogP contribution is -2.48. The van der Waals surface area contributed by atoms with Gasteiger partial charge in [-0.3, -0.25) is 14.9 Å². The van der Waals surface area contributed by atoms with Crippen LogP contribution >= 0.6 is 0 Å². The maximum absolute atomic E-state index is 13.3. The molecule has 2 rings (SSSR count). The van der Waals surface area contributed by atoms with Crippen LogP contribution in [0.25, 0.3) is 0 Å². The smallest absolute Gasteiger partial charge is 0.305 e. The Labute approximate surface area is 115 Å². The molecular formula is C13H15FN2O4. The van der Waals surface area contributed by atoms with Gasteiger partial charge in [0.1, 0.15) is 0 Å². The van der Waals surface area contributed by atoms with Gasteiger partial charge in [0.25, 0.3) is 5.91 Å². The molecule has 0 saturated carbocycles. The third-order valence-corrected chi connectivity index (χ3v) is 3.10. The molecule has 1 heterocycles. The molecule has 2 unspecified atom stereocenters. The zero-order valence-electron chi connectivity index (χ0n) is 11.2. The first-order valence-corrected chi connectivity index (χ1v) is 6.27. The van der Waals surface area contributed by atoms with Gasteiger partial charge in [0, 0.05) is 24.7 Å². The first-order chi connectivity index (χ1) is 9.38. The fourth-order valence-corrected chi connectivity index (χ4v) is 2.31. The number of halogens is 1. The number of hydrogen-bond donors (Lipinski definition) is 0. The predicted octanol–water partition coefficient (Wildman–Crippen LogP) is 1.98. The molecule has 0 bridgehead atoms. The molecule has 6 nitrogen and oxygen atoms in total. The van der Waals surface area contributed by atoms with Crippen molar-refractivity contribution in [1.82, 2.24) is 4.90 Å². The van der Waals surface area contributed by atoms with E-state index in [4.69, 9.17) is 4.74 Å². The highest BCUT2D eigenvalue weighted by Gasteiger charge is 2.28. The topological polar surface area (TPSA) is 72.7 Å². The average molecular weight is 282 g/mol. The molecule has 1 aliphatic rings. The van der Waals surface area contributed by atoms with Gasteiger partial charge in [-0.1, -0.05) is 0 Å². The van der Waals surface area contributed by atoms with E-state index in [1.54, 1.807) is 4.90 Å². The molecule has 7 heteroatoms. The number of rotatable bonds is 2. The van der Waals surface area contributed by atoms with E-state index in [9.17, 15) is 19.3 Å². The quantitative estimate of drug-likeness (QED) is 0.614. The Bertz CT molecular complexity index is 539. The molecule has 1 amide bonds. The van der Waals surface area contributed by atoms with Crippen molar-refractivity contribution in [3.05, 3.63) is 39.7 Å². The van der Waals surface area contributed by atoms with Gasteiger partial charge in [-0.05, 0) is 26.0 Å². The first kappa shape index (κ1) is 14.4. The minimum atomic E-state index is -0.949. The molecule has 0 radical (unpaired) electrons. The summed E-state index contributed by atoms with van der Waals surface area (Å²) in [5, 5.41) is 10.7. The van der Waals surface area contributed by atoms with E-state index in [1.165, 1.54) is 6.07 Å². The highest BCUT2D eigenvalue weighted by Crippen LogP contribution is 2.21. The Morgan fingerprint density at radius 2 is 2.00 bits per heavy atom. The fourth-order valence-electron chi connectivity index (χ4n) is 2.31. The fraction of sp³-hybridized carbons (Fsp3) is 0.462. The molecule has 0 N–H and O–H groups in total. The summed E-state index contributed by atoms with van der Waals surface area (Å²) >= 11 is 0. The summed E-state index contributed by atoms with van der Waals surface area (Å²) in [7, 11) is 0. The van der Waals surface area contributed by atoms with Crippen molar-refractivity contribution >= 4 is 11.6 Å². The van der Waals surface area contributed by atoms with E-state index in [1.807, 2.05) is 13.8 Å². The molecule has 1 aliphatic heterocycles. The molecule has 1 aromatic carbocycles. The summed E-state index contributed by atoms with van der Waals surface area (Å²) in [5.41, 5.74) is -0.579. The lowest BCUT2D eigenvalue weighted by molar-refractivity contribution is -0.387. The van der Waals surface area contributed by atoms with Crippen molar-refractivity contribution in [2.24, 2.45) is 0 Å². The normalized spacial score (nSPS) is 22.6. The van der Waals surface area contributed by atoms with Crippen LogP contribution in [0.5, 0.6) is 0 Å². The number of benzene rings is 1. The van der Waals surface area contributed by atoms with E-state index < -0.39 is 16.4 Å². The minimum Gasteiger partial charge on any atom is -0.372 e. The number of hydrogen-bond acceptors (Lipinski definition) is 4. The molecule has 0 aromatic heterocycles. The second kappa shape index (κ2) is 5.54. The molecule has 2 atom stereocenters. The summed E-state index contributed by atoms with van der Waals surface area (Å²) in [4.78, 5) is 23.7. The molecule has 0 aliphatic carbocycles. The largest absolute Gasteiger partial charge is 0.372 e. The molecule has 1 aromatic rings. The standard InChI is InChI=1S/C13H15FN2O4/c1-8-6-15(7-9(2)20-8)13(17)10-3-4-11(14)12(5-10)16(18)19/h3-5,8-9H,6-7H2,1-2H3. The Morgan fingerprint density at radius 3 is 2.55 bits per heavy atom. The number of carbonyl (C=O) groups excluding carboxylic acids is 1. The molecule has 1 saturated heterocycles. The van der Waals surface area contributed by atoms with Crippen LogP contribution < -0.4 is 0 Å². The first-order valence-electron chi connectivity index (χ1n) is 6.27. The van der Waals surface area contributed by atoms with Crippen LogP contribution in [0.2, 0.25) is 0 Å². The van der Waals surface area contributed by atoms with Crippen molar-refractivity contribution in [1.29, 1.82) is 0 Å². The van der Waals surface area contributed by atoms with Crippen molar-refractivity contribution in [2.75, 3.05) is 13.1 Å². The molecule has 108 valence electrons. The molecule has 0 spiro atoms. The van der Waals surface area contributed by atoms with Gasteiger partial charge in [-0.15, -0.1) is 0 Å². The van der Waals surface area contributed by atoms with Gasteiger partial charge in [-0.25, -0.2) is 0 Å².